The molecule has 350 valence electrons. The molecule has 0 N–H and O–H groups in total. The van der Waals surface area contributed by atoms with Crippen LogP contribution >= 0.6 is 0 Å². The third kappa shape index (κ3) is 5.98. The van der Waals surface area contributed by atoms with Crippen LogP contribution in [0.4, 0.5) is 0 Å². The molecule has 0 saturated heterocycles. The van der Waals surface area contributed by atoms with Gasteiger partial charge in [0.15, 0.2) is 0 Å². The summed E-state index contributed by atoms with van der Waals surface area (Å²) in [7, 11) is 0. The van der Waals surface area contributed by atoms with Gasteiger partial charge in [-0.25, -0.2) is 0 Å². The van der Waals surface area contributed by atoms with Crippen LogP contribution in [0.2, 0.25) is 0 Å². The molecule has 77 heavy (non-hydrogen) atoms. The standard InChI is InChI=1S/C70H38.C7H4/c1-3-15-39(16-4-1)43-19-7-8-21-45(43)41-27-28-42-38-60-65(48-24-12-9-20-44(48)40-17-5-2-6-18-40)68-57-35-33-55-53-31-29-51-46-22-10-11-23-47(46)52-30-32-54(62(53)61(51)52)56-34-36-58(66(57)63(55)56)69(68)67-50-26-14-13-25-49(50)64(70(60)67)59(42)37-41;1-3-5-7-6-4-2/h1-38H;1H,2H3. The van der Waals surface area contributed by atoms with Crippen molar-refractivity contribution in [1.82, 2.24) is 0 Å². The predicted octanol–water partition coefficient (Wildman–Crippen LogP) is 20.5. The van der Waals surface area contributed by atoms with E-state index in [1.165, 1.54) is 174 Å². The molecule has 16 aromatic carbocycles. The summed E-state index contributed by atoms with van der Waals surface area (Å²) in [4.78, 5) is 0. The summed E-state index contributed by atoms with van der Waals surface area (Å²) in [5.41, 5.74) is 15.4. The van der Waals surface area contributed by atoms with Crippen molar-refractivity contribution >= 4 is 108 Å². The molecule has 0 fully saturated rings. The van der Waals surface area contributed by atoms with Gasteiger partial charge in [-0.05, 0) is 217 Å². The normalized spacial score (nSPS) is 11.7. The van der Waals surface area contributed by atoms with Gasteiger partial charge in [-0.3, -0.25) is 0 Å². The van der Waals surface area contributed by atoms with Crippen LogP contribution in [0.5, 0.6) is 0 Å². The highest BCUT2D eigenvalue weighted by molar-refractivity contribution is 6.53. The second kappa shape index (κ2) is 16.5. The van der Waals surface area contributed by atoms with Crippen molar-refractivity contribution in [2.45, 2.75) is 6.92 Å². The molecule has 0 spiro atoms. The SMILES string of the molecule is C#CC#CC#CC.c1ccc(-c2ccccc2-c2ccc3cc4c(-c5ccccc5-c5ccccc5)c5c6ccc7c8ccc9c%10c(ccc(c%11ccc(c6c7%11)c5c5c6ccccc6c(c3c2)c45)c%108)-c2ccccc2-9)cc1. The lowest BCUT2D eigenvalue weighted by atomic mass is 9.85. The van der Waals surface area contributed by atoms with Crippen molar-refractivity contribution in [3.05, 3.63) is 231 Å². The van der Waals surface area contributed by atoms with Crippen molar-refractivity contribution in [3.8, 4) is 103 Å². The summed E-state index contributed by atoms with van der Waals surface area (Å²) < 4.78 is 0. The first-order chi connectivity index (χ1) is 38.2. The molecule has 0 bridgehead atoms. The van der Waals surface area contributed by atoms with E-state index in [4.69, 9.17) is 6.42 Å². The third-order valence-electron chi connectivity index (χ3n) is 16.8. The Labute approximate surface area is 445 Å². The minimum atomic E-state index is 1.22. The molecule has 0 radical (unpaired) electrons. The Morgan fingerprint density at radius 2 is 0.662 bits per heavy atom. The Balaban J connectivity index is 0.000000670. The van der Waals surface area contributed by atoms with Crippen LogP contribution in [0.25, 0.3) is 174 Å². The highest BCUT2D eigenvalue weighted by Gasteiger charge is 2.30. The number of rotatable bonds is 4. The van der Waals surface area contributed by atoms with Gasteiger partial charge in [-0.15, -0.1) is 6.42 Å². The quantitative estimate of drug-likeness (QED) is 0.0937. The van der Waals surface area contributed by atoms with E-state index in [-0.39, 0.29) is 0 Å². The number of benzene rings is 14. The molecule has 0 atom stereocenters. The minimum absolute atomic E-state index is 1.22. The molecule has 0 nitrogen and oxygen atoms in total. The Hall–Kier alpha value is -10.4. The van der Waals surface area contributed by atoms with E-state index in [9.17, 15) is 0 Å². The average Bonchev–Trinajstić information content (AvgIpc) is 3.54. The third-order valence-corrected chi connectivity index (χ3v) is 16.8. The van der Waals surface area contributed by atoms with Crippen molar-refractivity contribution in [3.63, 3.8) is 0 Å². The number of hydrogen-bond acceptors (Lipinski definition) is 0. The number of fused-ring (bicyclic) bond motifs is 14. The smallest absolute Gasteiger partial charge is 0.000695 e. The summed E-state index contributed by atoms with van der Waals surface area (Å²) in [5, 5.41) is 26.7. The van der Waals surface area contributed by atoms with Gasteiger partial charge >= 0.3 is 0 Å². The van der Waals surface area contributed by atoms with Crippen LogP contribution in [-0.4, -0.2) is 0 Å². The van der Waals surface area contributed by atoms with Crippen LogP contribution in [0, 0.1) is 36.0 Å². The monoisotopic (exact) mass is 966 g/mol. The van der Waals surface area contributed by atoms with Crippen molar-refractivity contribution in [1.29, 1.82) is 0 Å². The Morgan fingerprint density at radius 3 is 1.26 bits per heavy atom. The second-order valence-corrected chi connectivity index (χ2v) is 20.4. The van der Waals surface area contributed by atoms with Crippen molar-refractivity contribution in [2.24, 2.45) is 0 Å². The zero-order chi connectivity index (χ0) is 50.9. The zero-order valence-corrected chi connectivity index (χ0v) is 42.0. The molecule has 0 heteroatoms. The van der Waals surface area contributed by atoms with E-state index in [0.717, 1.165) is 0 Å². The van der Waals surface area contributed by atoms with E-state index in [1.54, 1.807) is 6.92 Å². The first kappa shape index (κ1) is 43.0. The average molecular weight is 967 g/mol. The first-order valence-electron chi connectivity index (χ1n) is 26.4. The minimum Gasteiger partial charge on any atom is -0.106 e. The largest absolute Gasteiger partial charge is 0.106 e. The fourth-order valence-electron chi connectivity index (χ4n) is 13.8. The number of terminal acetylenes is 1. The van der Waals surface area contributed by atoms with E-state index in [2.05, 4.69) is 260 Å². The van der Waals surface area contributed by atoms with Gasteiger partial charge in [0.1, 0.15) is 0 Å². The Kier molecular flexibility index (Phi) is 9.24. The van der Waals surface area contributed by atoms with Crippen LogP contribution in [0.15, 0.2) is 231 Å². The molecule has 0 saturated carbocycles. The van der Waals surface area contributed by atoms with Gasteiger partial charge < -0.3 is 0 Å². The summed E-state index contributed by atoms with van der Waals surface area (Å²) in [5.74, 6) is 12.0. The van der Waals surface area contributed by atoms with Crippen LogP contribution in [0.3, 0.4) is 0 Å². The second-order valence-electron chi connectivity index (χ2n) is 20.4. The molecule has 0 heterocycles. The Bertz CT molecular complexity index is 5260. The van der Waals surface area contributed by atoms with Crippen molar-refractivity contribution < 1.29 is 0 Å². The molecule has 17 rings (SSSR count). The summed E-state index contributed by atoms with van der Waals surface area (Å²) in [6.45, 7) is 1.71. The van der Waals surface area contributed by atoms with E-state index in [1.807, 2.05) is 0 Å². The predicted molar refractivity (Wildman–Crippen MR) is 331 cm³/mol. The van der Waals surface area contributed by atoms with E-state index >= 15 is 0 Å². The van der Waals surface area contributed by atoms with Gasteiger partial charge in [0.25, 0.3) is 0 Å². The Morgan fingerprint density at radius 1 is 0.247 bits per heavy atom. The fourth-order valence-corrected chi connectivity index (χ4v) is 13.8. The van der Waals surface area contributed by atoms with Crippen LogP contribution in [0.1, 0.15) is 6.92 Å². The molecule has 0 aliphatic heterocycles. The van der Waals surface area contributed by atoms with Crippen LogP contribution < -0.4 is 0 Å². The van der Waals surface area contributed by atoms with Gasteiger partial charge in [0.05, 0.1) is 0 Å². The summed E-state index contributed by atoms with van der Waals surface area (Å²) in [6.07, 6.45) is 4.78. The maximum absolute atomic E-state index is 4.78. The fraction of sp³-hybridized carbons (Fsp3) is 0.0130. The summed E-state index contributed by atoms with van der Waals surface area (Å²) in [6, 6.07) is 87.3. The lowest BCUT2D eigenvalue weighted by Gasteiger charge is -2.18. The molecular weight excluding hydrogens is 925 g/mol. The zero-order valence-electron chi connectivity index (χ0n) is 42.0. The summed E-state index contributed by atoms with van der Waals surface area (Å²) >= 11 is 0. The molecule has 16 aromatic rings. The first-order valence-corrected chi connectivity index (χ1v) is 26.4. The maximum Gasteiger partial charge on any atom is -0.000695 e. The molecular formula is C77H42. The van der Waals surface area contributed by atoms with Gasteiger partial charge in [-0.1, -0.05) is 224 Å². The van der Waals surface area contributed by atoms with Crippen molar-refractivity contribution in [2.75, 3.05) is 0 Å². The van der Waals surface area contributed by atoms with Crippen LogP contribution in [-0.2, 0) is 0 Å². The lowest BCUT2D eigenvalue weighted by Crippen LogP contribution is -1.90. The lowest BCUT2D eigenvalue weighted by molar-refractivity contribution is 1.60. The highest BCUT2D eigenvalue weighted by Crippen LogP contribution is 2.58. The number of hydrogen-bond donors (Lipinski definition) is 0. The van der Waals surface area contributed by atoms with Gasteiger partial charge in [-0.2, -0.15) is 0 Å². The topological polar surface area (TPSA) is 0 Å². The molecule has 0 aromatic heterocycles. The molecule has 1 aliphatic rings. The van der Waals surface area contributed by atoms with Gasteiger partial charge in [0.2, 0.25) is 0 Å². The molecule has 1 aliphatic carbocycles. The molecule has 0 amide bonds. The molecule has 0 unspecified atom stereocenters. The van der Waals surface area contributed by atoms with E-state index < -0.39 is 0 Å². The maximum atomic E-state index is 4.78. The van der Waals surface area contributed by atoms with E-state index in [0.29, 0.717) is 0 Å². The van der Waals surface area contributed by atoms with Gasteiger partial charge in [0, 0.05) is 0 Å². The highest BCUT2D eigenvalue weighted by atomic mass is 14.3.